The Kier molecular flexibility index (Phi) is 6.20. The molecule has 0 spiro atoms. The highest BCUT2D eigenvalue weighted by molar-refractivity contribution is 9.10. The molecule has 0 bridgehead atoms. The SMILES string of the molecule is COc1cc(/C=N/NC(=O)[C@@H](C)Oc2cccc(Br)c2)ccc1O. The van der Waals surface area contributed by atoms with Gasteiger partial charge in [0.15, 0.2) is 17.6 Å². The average molecular weight is 393 g/mol. The number of benzene rings is 2. The van der Waals surface area contributed by atoms with Gasteiger partial charge in [-0.25, -0.2) is 5.43 Å². The maximum Gasteiger partial charge on any atom is 0.280 e. The Bertz CT molecular complexity index is 749. The van der Waals surface area contributed by atoms with E-state index in [1.54, 1.807) is 31.2 Å². The first-order chi connectivity index (χ1) is 11.5. The zero-order valence-corrected chi connectivity index (χ0v) is 14.8. The molecule has 126 valence electrons. The number of hydrazone groups is 1. The largest absolute Gasteiger partial charge is 0.504 e. The maximum absolute atomic E-state index is 12.0. The molecule has 1 atom stereocenters. The van der Waals surface area contributed by atoms with Crippen LogP contribution in [0.15, 0.2) is 52.0 Å². The fraction of sp³-hybridized carbons (Fsp3) is 0.176. The number of phenolic OH excluding ortho intramolecular Hbond substituents is 1. The average Bonchev–Trinajstić information content (AvgIpc) is 2.56. The van der Waals surface area contributed by atoms with Gasteiger partial charge in [-0.2, -0.15) is 5.10 Å². The molecule has 2 N–H and O–H groups in total. The van der Waals surface area contributed by atoms with Crippen molar-refractivity contribution >= 4 is 28.1 Å². The van der Waals surface area contributed by atoms with Gasteiger partial charge in [-0.05, 0) is 48.9 Å². The van der Waals surface area contributed by atoms with E-state index in [0.29, 0.717) is 17.1 Å². The highest BCUT2D eigenvalue weighted by Gasteiger charge is 2.13. The minimum atomic E-state index is -0.703. The lowest BCUT2D eigenvalue weighted by Crippen LogP contribution is -2.33. The first kappa shape index (κ1) is 17.8. The van der Waals surface area contributed by atoms with Crippen molar-refractivity contribution in [3.05, 3.63) is 52.5 Å². The van der Waals surface area contributed by atoms with Crippen LogP contribution in [0.4, 0.5) is 0 Å². The molecule has 24 heavy (non-hydrogen) atoms. The van der Waals surface area contributed by atoms with Crippen LogP contribution >= 0.6 is 15.9 Å². The van der Waals surface area contributed by atoms with Crippen molar-refractivity contribution in [1.29, 1.82) is 0 Å². The first-order valence-corrected chi connectivity index (χ1v) is 7.91. The van der Waals surface area contributed by atoms with Crippen LogP contribution in [-0.4, -0.2) is 30.4 Å². The van der Waals surface area contributed by atoms with Crippen LogP contribution in [0.25, 0.3) is 0 Å². The van der Waals surface area contributed by atoms with Crippen molar-refractivity contribution < 1.29 is 19.4 Å². The summed E-state index contributed by atoms with van der Waals surface area (Å²) in [6.07, 6.45) is 0.747. The summed E-state index contributed by atoms with van der Waals surface area (Å²) in [7, 11) is 1.46. The Balaban J connectivity index is 1.92. The Morgan fingerprint density at radius 1 is 1.33 bits per heavy atom. The van der Waals surface area contributed by atoms with E-state index in [1.165, 1.54) is 19.4 Å². The molecule has 2 aromatic rings. The standard InChI is InChI=1S/C17H17BrN2O4/c1-11(24-14-5-3-4-13(18)9-14)17(22)20-19-10-12-6-7-15(21)16(8-12)23-2/h3-11,21H,1-2H3,(H,20,22)/b19-10+/t11-/m1/s1. The van der Waals surface area contributed by atoms with E-state index in [2.05, 4.69) is 26.5 Å². The zero-order valence-electron chi connectivity index (χ0n) is 13.2. The fourth-order valence-corrected chi connectivity index (χ4v) is 2.21. The summed E-state index contributed by atoms with van der Waals surface area (Å²) in [6.45, 7) is 1.63. The molecule has 2 rings (SSSR count). The van der Waals surface area contributed by atoms with Gasteiger partial charge in [-0.3, -0.25) is 4.79 Å². The van der Waals surface area contributed by atoms with E-state index in [0.717, 1.165) is 4.47 Å². The van der Waals surface area contributed by atoms with Gasteiger partial charge in [-0.1, -0.05) is 22.0 Å². The van der Waals surface area contributed by atoms with Crippen LogP contribution in [0.5, 0.6) is 17.2 Å². The number of nitrogens with zero attached hydrogens (tertiary/aromatic N) is 1. The molecule has 0 saturated heterocycles. The first-order valence-electron chi connectivity index (χ1n) is 7.11. The highest BCUT2D eigenvalue weighted by Crippen LogP contribution is 2.25. The third-order valence-electron chi connectivity index (χ3n) is 3.07. The summed E-state index contributed by atoms with van der Waals surface area (Å²) in [5.74, 6) is 0.572. The summed E-state index contributed by atoms with van der Waals surface area (Å²) in [5, 5.41) is 13.4. The van der Waals surface area contributed by atoms with Crippen molar-refractivity contribution in [3.8, 4) is 17.2 Å². The van der Waals surface area contributed by atoms with Crippen LogP contribution in [0, 0.1) is 0 Å². The molecule has 0 radical (unpaired) electrons. The number of rotatable bonds is 6. The van der Waals surface area contributed by atoms with Gasteiger partial charge in [0, 0.05) is 4.47 Å². The topological polar surface area (TPSA) is 80.2 Å². The number of carbonyl (C=O) groups excluding carboxylic acids is 1. The molecule has 0 aliphatic heterocycles. The van der Waals surface area contributed by atoms with Crippen LogP contribution in [-0.2, 0) is 4.79 Å². The van der Waals surface area contributed by atoms with Gasteiger partial charge in [0.2, 0.25) is 0 Å². The second-order valence-corrected chi connectivity index (χ2v) is 5.80. The lowest BCUT2D eigenvalue weighted by molar-refractivity contribution is -0.127. The van der Waals surface area contributed by atoms with E-state index in [9.17, 15) is 9.90 Å². The van der Waals surface area contributed by atoms with E-state index >= 15 is 0 Å². The number of aromatic hydroxyl groups is 1. The Labute approximate surface area is 148 Å². The van der Waals surface area contributed by atoms with Crippen molar-refractivity contribution in [3.63, 3.8) is 0 Å². The second kappa shape index (κ2) is 8.35. The third kappa shape index (κ3) is 4.99. The molecule has 0 fully saturated rings. The minimum absolute atomic E-state index is 0.0368. The molecule has 6 nitrogen and oxygen atoms in total. The zero-order chi connectivity index (χ0) is 17.5. The normalized spacial score (nSPS) is 12.0. The third-order valence-corrected chi connectivity index (χ3v) is 3.56. The number of nitrogens with one attached hydrogen (secondary N) is 1. The molecule has 0 saturated carbocycles. The van der Waals surface area contributed by atoms with E-state index < -0.39 is 6.10 Å². The number of halogens is 1. The highest BCUT2D eigenvalue weighted by atomic mass is 79.9. The van der Waals surface area contributed by atoms with Crippen molar-refractivity contribution in [2.45, 2.75) is 13.0 Å². The molecule has 1 amide bonds. The summed E-state index contributed by atoms with van der Waals surface area (Å²) in [5.41, 5.74) is 3.08. The predicted octanol–water partition coefficient (Wildman–Crippen LogP) is 3.08. The molecule has 0 aliphatic carbocycles. The lowest BCUT2D eigenvalue weighted by Gasteiger charge is -2.13. The maximum atomic E-state index is 12.0. The second-order valence-electron chi connectivity index (χ2n) is 4.88. The molecule has 0 heterocycles. The van der Waals surface area contributed by atoms with E-state index in [-0.39, 0.29) is 11.7 Å². The van der Waals surface area contributed by atoms with Gasteiger partial charge in [-0.15, -0.1) is 0 Å². The Hall–Kier alpha value is -2.54. The van der Waals surface area contributed by atoms with Crippen LogP contribution in [0.2, 0.25) is 0 Å². The number of carbonyl (C=O) groups is 1. The summed E-state index contributed by atoms with van der Waals surface area (Å²) >= 11 is 3.34. The van der Waals surface area contributed by atoms with Gasteiger partial charge < -0.3 is 14.6 Å². The minimum Gasteiger partial charge on any atom is -0.504 e. The van der Waals surface area contributed by atoms with Crippen molar-refractivity contribution in [1.82, 2.24) is 5.43 Å². The monoisotopic (exact) mass is 392 g/mol. The van der Waals surface area contributed by atoms with Gasteiger partial charge in [0.05, 0.1) is 13.3 Å². The number of methoxy groups -OCH3 is 1. The number of hydrogen-bond acceptors (Lipinski definition) is 5. The molecular weight excluding hydrogens is 376 g/mol. The number of amides is 1. The van der Waals surface area contributed by atoms with Gasteiger partial charge >= 0.3 is 0 Å². The predicted molar refractivity (Wildman–Crippen MR) is 94.6 cm³/mol. The van der Waals surface area contributed by atoms with Crippen molar-refractivity contribution in [2.24, 2.45) is 5.10 Å². The molecule has 0 aliphatic rings. The van der Waals surface area contributed by atoms with Crippen LogP contribution < -0.4 is 14.9 Å². The number of ether oxygens (including phenoxy) is 2. The molecular formula is C17H17BrN2O4. The van der Waals surface area contributed by atoms with Crippen LogP contribution in [0.1, 0.15) is 12.5 Å². The lowest BCUT2D eigenvalue weighted by atomic mass is 10.2. The molecule has 2 aromatic carbocycles. The quantitative estimate of drug-likeness (QED) is 0.584. The molecule has 0 aromatic heterocycles. The summed E-state index contributed by atoms with van der Waals surface area (Å²) < 4.78 is 11.4. The number of phenols is 1. The van der Waals surface area contributed by atoms with Crippen LogP contribution in [0.3, 0.4) is 0 Å². The molecule has 7 heteroatoms. The van der Waals surface area contributed by atoms with E-state index in [1.807, 2.05) is 12.1 Å². The fourth-order valence-electron chi connectivity index (χ4n) is 1.83. The smallest absolute Gasteiger partial charge is 0.280 e. The molecule has 0 unspecified atom stereocenters. The Morgan fingerprint density at radius 3 is 2.83 bits per heavy atom. The number of hydrogen-bond donors (Lipinski definition) is 2. The summed E-state index contributed by atoms with van der Waals surface area (Å²) in [6, 6.07) is 12.0. The van der Waals surface area contributed by atoms with Crippen molar-refractivity contribution in [2.75, 3.05) is 7.11 Å². The Morgan fingerprint density at radius 2 is 2.12 bits per heavy atom. The van der Waals surface area contributed by atoms with Gasteiger partial charge in [0.25, 0.3) is 5.91 Å². The van der Waals surface area contributed by atoms with E-state index in [4.69, 9.17) is 9.47 Å². The summed E-state index contributed by atoms with van der Waals surface area (Å²) in [4.78, 5) is 12.0. The van der Waals surface area contributed by atoms with Gasteiger partial charge in [0.1, 0.15) is 5.75 Å².